The van der Waals surface area contributed by atoms with E-state index in [0.29, 0.717) is 16.5 Å². The fraction of sp³-hybridized carbons (Fsp3) is 0.250. The molecule has 0 aromatic carbocycles. The Hall–Kier alpha value is -2.24. The lowest BCUT2D eigenvalue weighted by Gasteiger charge is -2.11. The topological polar surface area (TPSA) is 93.4 Å². The second-order valence-corrected chi connectivity index (χ2v) is 7.40. The molecule has 3 heterocycles. The summed E-state index contributed by atoms with van der Waals surface area (Å²) in [6.07, 6.45) is 5.57. The molecule has 0 aliphatic carbocycles. The van der Waals surface area contributed by atoms with Crippen LogP contribution in [0.15, 0.2) is 34.7 Å². The Labute approximate surface area is 148 Å². The maximum absolute atomic E-state index is 9.28. The minimum atomic E-state index is 0.0395. The predicted octanol–water partition coefficient (Wildman–Crippen LogP) is 3.39. The molecular weight excluding hydrogens is 340 g/mol. The molecule has 0 spiro atoms. The van der Waals surface area contributed by atoms with Gasteiger partial charge in [0.05, 0.1) is 28.2 Å². The van der Waals surface area contributed by atoms with Gasteiger partial charge in [-0.3, -0.25) is 4.98 Å². The first-order chi connectivity index (χ1) is 11.5. The Morgan fingerprint density at radius 2 is 2.12 bits per heavy atom. The Morgan fingerprint density at radius 1 is 1.33 bits per heavy atom. The van der Waals surface area contributed by atoms with Gasteiger partial charge in [-0.1, -0.05) is 11.8 Å². The van der Waals surface area contributed by atoms with Gasteiger partial charge in [-0.2, -0.15) is 5.26 Å². The van der Waals surface area contributed by atoms with Crippen LogP contribution in [-0.4, -0.2) is 25.8 Å². The second-order valence-electron chi connectivity index (χ2n) is 5.27. The number of nitrogen functional groups attached to an aromatic ring is 1. The van der Waals surface area contributed by atoms with Gasteiger partial charge in [0.15, 0.2) is 5.16 Å². The van der Waals surface area contributed by atoms with Crippen molar-refractivity contribution in [3.8, 4) is 6.07 Å². The van der Waals surface area contributed by atoms with Gasteiger partial charge in [-0.25, -0.2) is 9.97 Å². The third-order valence-electron chi connectivity index (χ3n) is 3.63. The fourth-order valence-corrected chi connectivity index (χ4v) is 3.75. The van der Waals surface area contributed by atoms with E-state index in [0.717, 1.165) is 21.6 Å². The van der Waals surface area contributed by atoms with Crippen molar-refractivity contribution < 1.29 is 0 Å². The molecule has 24 heavy (non-hydrogen) atoms. The third kappa shape index (κ3) is 3.18. The molecule has 3 aromatic rings. The summed E-state index contributed by atoms with van der Waals surface area (Å²) in [5, 5.41) is 11.7. The largest absolute Gasteiger partial charge is 0.384 e. The van der Waals surface area contributed by atoms with E-state index in [9.17, 15) is 5.26 Å². The standard InChI is InChI=1S/C16H16N6S2/c1-9(24-16-20-14(18)5-15(21-16)23-3)12-4-11-10(6-17)8-22(2)13(11)7-19-12/h4-5,7-9H,1-3H3,(H2,18,20,21). The number of thioether (sulfide) groups is 2. The van der Waals surface area contributed by atoms with Crippen molar-refractivity contribution in [1.29, 1.82) is 5.26 Å². The summed E-state index contributed by atoms with van der Waals surface area (Å²) in [6, 6.07) is 5.95. The van der Waals surface area contributed by atoms with Gasteiger partial charge in [-0.15, -0.1) is 11.8 Å². The molecular formula is C16H16N6S2. The molecule has 0 aliphatic rings. The fourth-order valence-electron chi connectivity index (χ4n) is 2.40. The summed E-state index contributed by atoms with van der Waals surface area (Å²) >= 11 is 3.03. The van der Waals surface area contributed by atoms with Gasteiger partial charge in [-0.05, 0) is 19.2 Å². The molecule has 0 amide bonds. The van der Waals surface area contributed by atoms with Gasteiger partial charge in [0.25, 0.3) is 0 Å². The van der Waals surface area contributed by atoms with E-state index in [1.807, 2.05) is 37.1 Å². The Balaban J connectivity index is 1.93. The maximum atomic E-state index is 9.28. The molecule has 8 heteroatoms. The van der Waals surface area contributed by atoms with Gasteiger partial charge >= 0.3 is 0 Å². The second kappa shape index (κ2) is 6.71. The average Bonchev–Trinajstić information content (AvgIpc) is 2.89. The van der Waals surface area contributed by atoms with E-state index in [2.05, 4.69) is 21.0 Å². The van der Waals surface area contributed by atoms with E-state index in [4.69, 9.17) is 5.73 Å². The third-order valence-corrected chi connectivity index (χ3v) is 5.24. The highest BCUT2D eigenvalue weighted by Gasteiger charge is 2.15. The lowest BCUT2D eigenvalue weighted by atomic mass is 10.2. The molecule has 0 fully saturated rings. The van der Waals surface area contributed by atoms with E-state index >= 15 is 0 Å². The molecule has 1 unspecified atom stereocenters. The first-order valence-corrected chi connectivity index (χ1v) is 9.32. The van der Waals surface area contributed by atoms with Crippen LogP contribution in [0, 0.1) is 11.3 Å². The smallest absolute Gasteiger partial charge is 0.191 e. The highest BCUT2D eigenvalue weighted by atomic mass is 32.2. The number of nitriles is 1. The Kier molecular flexibility index (Phi) is 4.64. The highest BCUT2D eigenvalue weighted by Crippen LogP contribution is 2.34. The van der Waals surface area contributed by atoms with Gasteiger partial charge in [0, 0.05) is 24.7 Å². The number of fused-ring (bicyclic) bond motifs is 1. The van der Waals surface area contributed by atoms with Gasteiger partial charge in [0.2, 0.25) is 0 Å². The minimum absolute atomic E-state index is 0.0395. The van der Waals surface area contributed by atoms with E-state index in [1.54, 1.807) is 12.3 Å². The van der Waals surface area contributed by atoms with Gasteiger partial charge in [0.1, 0.15) is 16.9 Å². The van der Waals surface area contributed by atoms with Crippen molar-refractivity contribution >= 4 is 40.2 Å². The summed E-state index contributed by atoms with van der Waals surface area (Å²) < 4.78 is 1.91. The summed E-state index contributed by atoms with van der Waals surface area (Å²) in [7, 11) is 1.91. The summed E-state index contributed by atoms with van der Waals surface area (Å²) in [5.41, 5.74) is 8.31. The van der Waals surface area contributed by atoms with Crippen molar-refractivity contribution in [3.63, 3.8) is 0 Å². The maximum Gasteiger partial charge on any atom is 0.191 e. The number of hydrogen-bond acceptors (Lipinski definition) is 7. The number of nitrogens with two attached hydrogens (primary N) is 1. The number of aryl methyl sites for hydroxylation is 1. The monoisotopic (exact) mass is 356 g/mol. The highest BCUT2D eigenvalue weighted by molar-refractivity contribution is 7.99. The zero-order valence-corrected chi connectivity index (χ0v) is 15.1. The first-order valence-electron chi connectivity index (χ1n) is 7.22. The number of hydrogen-bond donors (Lipinski definition) is 1. The number of pyridine rings is 1. The first kappa shape index (κ1) is 16.6. The summed E-state index contributed by atoms with van der Waals surface area (Å²) in [4.78, 5) is 13.3. The van der Waals surface area contributed by atoms with E-state index in [1.165, 1.54) is 23.5 Å². The van der Waals surface area contributed by atoms with Crippen molar-refractivity contribution in [2.24, 2.45) is 7.05 Å². The molecule has 1 atom stereocenters. The van der Waals surface area contributed by atoms with Crippen molar-refractivity contribution in [3.05, 3.63) is 35.8 Å². The molecule has 3 aromatic heterocycles. The van der Waals surface area contributed by atoms with Crippen molar-refractivity contribution in [1.82, 2.24) is 19.5 Å². The summed E-state index contributed by atoms with van der Waals surface area (Å²) in [5.74, 6) is 0.460. The van der Waals surface area contributed by atoms with Crippen LogP contribution in [0.4, 0.5) is 5.82 Å². The normalized spacial score (nSPS) is 12.2. The number of aromatic nitrogens is 4. The van der Waals surface area contributed by atoms with Crippen molar-refractivity contribution in [2.75, 3.05) is 12.0 Å². The lowest BCUT2D eigenvalue weighted by Crippen LogP contribution is -1.99. The van der Waals surface area contributed by atoms with Crippen LogP contribution in [0.25, 0.3) is 10.9 Å². The lowest BCUT2D eigenvalue weighted by molar-refractivity contribution is 0.888. The molecule has 0 saturated heterocycles. The zero-order valence-electron chi connectivity index (χ0n) is 13.5. The summed E-state index contributed by atoms with van der Waals surface area (Å²) in [6.45, 7) is 2.04. The number of rotatable bonds is 4. The van der Waals surface area contributed by atoms with Crippen molar-refractivity contribution in [2.45, 2.75) is 22.4 Å². The van der Waals surface area contributed by atoms with Crippen LogP contribution in [0.3, 0.4) is 0 Å². The Morgan fingerprint density at radius 3 is 2.83 bits per heavy atom. The molecule has 2 N–H and O–H groups in total. The van der Waals surface area contributed by atoms with Crippen LogP contribution < -0.4 is 5.73 Å². The van der Waals surface area contributed by atoms with Crippen LogP contribution in [0.2, 0.25) is 0 Å². The van der Waals surface area contributed by atoms with Crippen LogP contribution in [-0.2, 0) is 7.05 Å². The van der Waals surface area contributed by atoms with Gasteiger partial charge < -0.3 is 10.3 Å². The molecule has 0 bridgehead atoms. The zero-order chi connectivity index (χ0) is 17.3. The molecule has 0 aliphatic heterocycles. The van der Waals surface area contributed by atoms with Crippen LogP contribution in [0.1, 0.15) is 23.4 Å². The van der Waals surface area contributed by atoms with E-state index < -0.39 is 0 Å². The predicted molar refractivity (Wildman–Crippen MR) is 97.9 cm³/mol. The molecule has 0 saturated carbocycles. The van der Waals surface area contributed by atoms with Crippen LogP contribution >= 0.6 is 23.5 Å². The quantitative estimate of drug-likeness (QED) is 0.435. The number of nitrogens with zero attached hydrogens (tertiary/aromatic N) is 5. The average molecular weight is 356 g/mol. The van der Waals surface area contributed by atoms with E-state index in [-0.39, 0.29) is 5.25 Å². The molecule has 6 nitrogen and oxygen atoms in total. The molecule has 3 rings (SSSR count). The molecule has 122 valence electrons. The minimum Gasteiger partial charge on any atom is -0.384 e. The molecule has 0 radical (unpaired) electrons. The Bertz CT molecular complexity index is 944. The SMILES string of the molecule is CSc1cc(N)nc(SC(C)c2cc3c(C#N)cn(C)c3cn2)n1. The van der Waals surface area contributed by atoms with Crippen LogP contribution in [0.5, 0.6) is 0 Å². The number of anilines is 1.